The second-order valence-electron chi connectivity index (χ2n) is 2.83. The maximum absolute atomic E-state index is 5.17. The SMILES string of the molecule is CCn1c(OC)nc2ccccc21. The van der Waals surface area contributed by atoms with Crippen LogP contribution in [0.4, 0.5) is 0 Å². The van der Waals surface area contributed by atoms with Gasteiger partial charge in [0.15, 0.2) is 0 Å². The second kappa shape index (κ2) is 3.09. The lowest BCUT2D eigenvalue weighted by molar-refractivity contribution is 0.362. The van der Waals surface area contributed by atoms with Crippen molar-refractivity contribution < 1.29 is 4.74 Å². The number of aryl methyl sites for hydroxylation is 1. The molecule has 1 aromatic heterocycles. The number of aromatic nitrogens is 2. The standard InChI is InChI=1S/C10H12N2O/c1-3-12-9-7-5-4-6-8(9)11-10(12)13-2/h4-7H,3H2,1-2H3. The van der Waals surface area contributed by atoms with Crippen LogP contribution < -0.4 is 4.74 Å². The highest BCUT2D eigenvalue weighted by molar-refractivity contribution is 5.76. The Morgan fingerprint density at radius 2 is 2.15 bits per heavy atom. The number of imidazole rings is 1. The summed E-state index contributed by atoms with van der Waals surface area (Å²) < 4.78 is 7.22. The molecule has 2 aromatic rings. The van der Waals surface area contributed by atoms with Crippen molar-refractivity contribution in [2.75, 3.05) is 7.11 Å². The van der Waals surface area contributed by atoms with Crippen molar-refractivity contribution in [1.29, 1.82) is 0 Å². The van der Waals surface area contributed by atoms with Gasteiger partial charge in [-0.3, -0.25) is 4.57 Å². The highest BCUT2D eigenvalue weighted by atomic mass is 16.5. The number of ether oxygens (including phenoxy) is 1. The third kappa shape index (κ3) is 1.16. The van der Waals surface area contributed by atoms with E-state index < -0.39 is 0 Å². The Morgan fingerprint density at radius 1 is 1.38 bits per heavy atom. The van der Waals surface area contributed by atoms with Gasteiger partial charge in [0.2, 0.25) is 0 Å². The monoisotopic (exact) mass is 176 g/mol. The van der Waals surface area contributed by atoms with Crippen LogP contribution in [0.15, 0.2) is 24.3 Å². The van der Waals surface area contributed by atoms with Crippen LogP contribution in [0.5, 0.6) is 6.01 Å². The van der Waals surface area contributed by atoms with Crippen molar-refractivity contribution >= 4 is 11.0 Å². The van der Waals surface area contributed by atoms with E-state index in [0.717, 1.165) is 17.6 Å². The molecule has 1 heterocycles. The Morgan fingerprint density at radius 3 is 2.85 bits per heavy atom. The molecule has 0 aliphatic rings. The number of methoxy groups -OCH3 is 1. The molecule has 0 aliphatic heterocycles. The number of hydrogen-bond acceptors (Lipinski definition) is 2. The Hall–Kier alpha value is -1.51. The number of para-hydroxylation sites is 2. The van der Waals surface area contributed by atoms with Gasteiger partial charge in [0, 0.05) is 6.54 Å². The molecule has 0 saturated heterocycles. The molecule has 1 aromatic carbocycles. The minimum absolute atomic E-state index is 0.684. The van der Waals surface area contributed by atoms with Gasteiger partial charge in [-0.25, -0.2) is 0 Å². The summed E-state index contributed by atoms with van der Waals surface area (Å²) in [7, 11) is 1.65. The van der Waals surface area contributed by atoms with Crippen molar-refractivity contribution in [1.82, 2.24) is 9.55 Å². The Bertz CT molecular complexity index is 420. The second-order valence-corrected chi connectivity index (χ2v) is 2.83. The van der Waals surface area contributed by atoms with Gasteiger partial charge in [-0.15, -0.1) is 0 Å². The lowest BCUT2D eigenvalue weighted by atomic mass is 10.3. The van der Waals surface area contributed by atoms with Crippen molar-refractivity contribution in [3.8, 4) is 6.01 Å². The summed E-state index contributed by atoms with van der Waals surface area (Å²) in [4.78, 5) is 4.34. The first-order chi connectivity index (χ1) is 6.36. The normalized spacial score (nSPS) is 10.6. The molecular formula is C10H12N2O. The number of benzene rings is 1. The summed E-state index contributed by atoms with van der Waals surface area (Å²) in [5.74, 6) is 0. The molecule has 3 nitrogen and oxygen atoms in total. The zero-order valence-electron chi connectivity index (χ0n) is 7.82. The van der Waals surface area contributed by atoms with Gasteiger partial charge in [0.05, 0.1) is 18.1 Å². The van der Waals surface area contributed by atoms with Crippen LogP contribution in [-0.4, -0.2) is 16.7 Å². The molecule has 68 valence electrons. The van der Waals surface area contributed by atoms with E-state index in [0.29, 0.717) is 6.01 Å². The van der Waals surface area contributed by atoms with E-state index in [1.807, 2.05) is 24.3 Å². The van der Waals surface area contributed by atoms with Gasteiger partial charge < -0.3 is 4.74 Å². The van der Waals surface area contributed by atoms with Gasteiger partial charge in [-0.1, -0.05) is 12.1 Å². The topological polar surface area (TPSA) is 27.1 Å². The fourth-order valence-corrected chi connectivity index (χ4v) is 1.51. The average molecular weight is 176 g/mol. The molecule has 0 amide bonds. The predicted octanol–water partition coefficient (Wildman–Crippen LogP) is 2.06. The van der Waals surface area contributed by atoms with Crippen LogP contribution in [0.1, 0.15) is 6.92 Å². The lowest BCUT2D eigenvalue weighted by Gasteiger charge is -2.02. The molecule has 13 heavy (non-hydrogen) atoms. The van der Waals surface area contributed by atoms with Crippen molar-refractivity contribution in [2.24, 2.45) is 0 Å². The third-order valence-electron chi connectivity index (χ3n) is 2.12. The fourth-order valence-electron chi connectivity index (χ4n) is 1.51. The number of fused-ring (bicyclic) bond motifs is 1. The first kappa shape index (κ1) is 8.10. The van der Waals surface area contributed by atoms with Gasteiger partial charge in [-0.2, -0.15) is 4.98 Å². The summed E-state index contributed by atoms with van der Waals surface area (Å²) >= 11 is 0. The molecule has 0 spiro atoms. The Kier molecular flexibility index (Phi) is 1.93. The first-order valence-corrected chi connectivity index (χ1v) is 4.36. The average Bonchev–Trinajstić information content (AvgIpc) is 2.55. The van der Waals surface area contributed by atoms with Crippen LogP contribution in [0.2, 0.25) is 0 Å². The quantitative estimate of drug-likeness (QED) is 0.700. The number of hydrogen-bond donors (Lipinski definition) is 0. The minimum Gasteiger partial charge on any atom is -0.468 e. The molecule has 0 atom stereocenters. The molecule has 0 fully saturated rings. The summed E-state index contributed by atoms with van der Waals surface area (Å²) in [6.07, 6.45) is 0. The largest absolute Gasteiger partial charge is 0.468 e. The van der Waals surface area contributed by atoms with E-state index in [1.165, 1.54) is 0 Å². The molecule has 0 N–H and O–H groups in total. The molecule has 3 heteroatoms. The molecule has 0 aliphatic carbocycles. The van der Waals surface area contributed by atoms with E-state index in [1.54, 1.807) is 7.11 Å². The van der Waals surface area contributed by atoms with Crippen molar-refractivity contribution in [3.05, 3.63) is 24.3 Å². The van der Waals surface area contributed by atoms with Gasteiger partial charge >= 0.3 is 0 Å². The summed E-state index contributed by atoms with van der Waals surface area (Å²) in [5.41, 5.74) is 2.11. The maximum atomic E-state index is 5.17. The summed E-state index contributed by atoms with van der Waals surface area (Å²) in [6, 6.07) is 8.71. The molecular weight excluding hydrogens is 164 g/mol. The van der Waals surface area contributed by atoms with E-state index in [9.17, 15) is 0 Å². The molecule has 0 unspecified atom stereocenters. The van der Waals surface area contributed by atoms with Gasteiger partial charge in [-0.05, 0) is 19.1 Å². The lowest BCUT2D eigenvalue weighted by Crippen LogP contribution is -1.97. The molecule has 2 rings (SSSR count). The highest BCUT2D eigenvalue weighted by Crippen LogP contribution is 2.20. The minimum atomic E-state index is 0.684. The van der Waals surface area contributed by atoms with Crippen LogP contribution in [0, 0.1) is 0 Å². The zero-order valence-corrected chi connectivity index (χ0v) is 7.82. The Balaban J connectivity index is 2.73. The van der Waals surface area contributed by atoms with E-state index >= 15 is 0 Å². The van der Waals surface area contributed by atoms with Crippen molar-refractivity contribution in [3.63, 3.8) is 0 Å². The molecule has 0 saturated carbocycles. The smallest absolute Gasteiger partial charge is 0.297 e. The highest BCUT2D eigenvalue weighted by Gasteiger charge is 2.07. The predicted molar refractivity (Wildman–Crippen MR) is 52.0 cm³/mol. The first-order valence-electron chi connectivity index (χ1n) is 4.36. The number of nitrogens with zero attached hydrogens (tertiary/aromatic N) is 2. The van der Waals surface area contributed by atoms with Crippen molar-refractivity contribution in [2.45, 2.75) is 13.5 Å². The maximum Gasteiger partial charge on any atom is 0.297 e. The van der Waals surface area contributed by atoms with E-state index in [4.69, 9.17) is 4.74 Å². The van der Waals surface area contributed by atoms with Gasteiger partial charge in [0.25, 0.3) is 6.01 Å². The summed E-state index contributed by atoms with van der Waals surface area (Å²) in [6.45, 7) is 2.96. The molecule has 0 radical (unpaired) electrons. The van der Waals surface area contributed by atoms with Crippen LogP contribution in [0.3, 0.4) is 0 Å². The molecule has 0 bridgehead atoms. The fraction of sp³-hybridized carbons (Fsp3) is 0.300. The van der Waals surface area contributed by atoms with Crippen LogP contribution in [0.25, 0.3) is 11.0 Å². The summed E-state index contributed by atoms with van der Waals surface area (Å²) in [5, 5.41) is 0. The van der Waals surface area contributed by atoms with E-state index in [2.05, 4.69) is 16.5 Å². The van der Waals surface area contributed by atoms with E-state index in [-0.39, 0.29) is 0 Å². The third-order valence-corrected chi connectivity index (χ3v) is 2.12. The Labute approximate surface area is 77.0 Å². The van der Waals surface area contributed by atoms with Gasteiger partial charge in [0.1, 0.15) is 0 Å². The van der Waals surface area contributed by atoms with Crippen LogP contribution >= 0.6 is 0 Å². The zero-order chi connectivity index (χ0) is 9.26. The van der Waals surface area contributed by atoms with Crippen LogP contribution in [-0.2, 0) is 6.54 Å². The number of rotatable bonds is 2.